The first-order valence-electron chi connectivity index (χ1n) is 7.07. The Kier molecular flexibility index (Phi) is 5.80. The van der Waals surface area contributed by atoms with Crippen LogP contribution in [-0.4, -0.2) is 25.8 Å². The Morgan fingerprint density at radius 1 is 1.09 bits per heavy atom. The van der Waals surface area contributed by atoms with Gasteiger partial charge in [-0.05, 0) is 31.2 Å². The fourth-order valence-corrected chi connectivity index (χ4v) is 1.95. The van der Waals surface area contributed by atoms with E-state index in [1.54, 1.807) is 19.2 Å². The molecule has 0 heterocycles. The van der Waals surface area contributed by atoms with Gasteiger partial charge in [-0.25, -0.2) is 4.79 Å². The Hall–Kier alpha value is -2.53. The number of benzene rings is 2. The quantitative estimate of drug-likeness (QED) is 0.856. The molecule has 0 saturated carbocycles. The minimum atomic E-state index is -0.298. The molecule has 0 radical (unpaired) electrons. The average Bonchev–Trinajstić information content (AvgIpc) is 2.50. The van der Waals surface area contributed by atoms with Gasteiger partial charge in [0.1, 0.15) is 5.75 Å². The van der Waals surface area contributed by atoms with Crippen molar-refractivity contribution in [1.82, 2.24) is 5.32 Å². The summed E-state index contributed by atoms with van der Waals surface area (Å²) in [6.45, 7) is 2.32. The van der Waals surface area contributed by atoms with Gasteiger partial charge in [-0.1, -0.05) is 30.3 Å². The third-order valence-corrected chi connectivity index (χ3v) is 2.90. The molecule has 2 N–H and O–H groups in total. The summed E-state index contributed by atoms with van der Waals surface area (Å²) in [6, 6.07) is 16.3. The molecule has 116 valence electrons. The summed E-state index contributed by atoms with van der Waals surface area (Å²) in [5, 5.41) is 5.58. The summed E-state index contributed by atoms with van der Waals surface area (Å²) in [7, 11) is 1.60. The number of carbonyl (C=O) groups excluding carboxylic acids is 1. The number of methoxy groups -OCH3 is 1. The van der Waals surface area contributed by atoms with Crippen molar-refractivity contribution in [1.29, 1.82) is 0 Å². The highest BCUT2D eigenvalue weighted by Gasteiger charge is 2.10. The fourth-order valence-electron chi connectivity index (χ4n) is 1.95. The fraction of sp³-hybridized carbons (Fsp3) is 0.235. The lowest BCUT2D eigenvalue weighted by molar-refractivity contribution is 0.173. The zero-order chi connectivity index (χ0) is 15.8. The molecular weight excluding hydrogens is 280 g/mol. The van der Waals surface area contributed by atoms with Crippen LogP contribution in [0, 0.1) is 0 Å². The molecule has 1 atom stereocenters. The minimum absolute atomic E-state index is 0.0767. The van der Waals surface area contributed by atoms with Crippen molar-refractivity contribution in [3.63, 3.8) is 0 Å². The van der Waals surface area contributed by atoms with Crippen LogP contribution in [0.25, 0.3) is 0 Å². The molecule has 5 nitrogen and oxygen atoms in total. The second-order valence-electron chi connectivity index (χ2n) is 4.87. The number of hydrogen-bond donors (Lipinski definition) is 2. The van der Waals surface area contributed by atoms with Crippen LogP contribution in [0.5, 0.6) is 11.5 Å². The number of urea groups is 1. The van der Waals surface area contributed by atoms with Crippen molar-refractivity contribution in [3.8, 4) is 11.5 Å². The highest BCUT2D eigenvalue weighted by atomic mass is 16.5. The van der Waals surface area contributed by atoms with Gasteiger partial charge in [0.05, 0.1) is 18.3 Å². The first kappa shape index (κ1) is 15.9. The van der Waals surface area contributed by atoms with Crippen molar-refractivity contribution in [2.24, 2.45) is 0 Å². The summed E-state index contributed by atoms with van der Waals surface area (Å²) < 4.78 is 10.8. The van der Waals surface area contributed by atoms with Crippen molar-refractivity contribution >= 4 is 11.7 Å². The minimum Gasteiger partial charge on any atom is -0.455 e. The third-order valence-electron chi connectivity index (χ3n) is 2.90. The van der Waals surface area contributed by atoms with E-state index in [4.69, 9.17) is 9.47 Å². The number of para-hydroxylation sites is 3. The zero-order valence-corrected chi connectivity index (χ0v) is 12.7. The van der Waals surface area contributed by atoms with Crippen LogP contribution in [-0.2, 0) is 4.74 Å². The van der Waals surface area contributed by atoms with Crippen molar-refractivity contribution < 1.29 is 14.3 Å². The maximum Gasteiger partial charge on any atom is 0.319 e. The summed E-state index contributed by atoms with van der Waals surface area (Å²) in [5.74, 6) is 1.30. The topological polar surface area (TPSA) is 59.6 Å². The molecule has 0 saturated heterocycles. The van der Waals surface area contributed by atoms with E-state index in [2.05, 4.69) is 10.6 Å². The number of carbonyl (C=O) groups is 1. The zero-order valence-electron chi connectivity index (χ0n) is 12.7. The number of hydrogen-bond acceptors (Lipinski definition) is 3. The predicted octanol–water partition coefficient (Wildman–Crippen LogP) is 3.64. The summed E-state index contributed by atoms with van der Waals surface area (Å²) >= 11 is 0. The molecule has 2 aromatic carbocycles. The number of ether oxygens (including phenoxy) is 2. The largest absolute Gasteiger partial charge is 0.455 e. The van der Waals surface area contributed by atoms with E-state index < -0.39 is 0 Å². The molecular formula is C17H20N2O3. The smallest absolute Gasteiger partial charge is 0.319 e. The number of nitrogens with one attached hydrogen (secondary N) is 2. The number of rotatable bonds is 6. The van der Waals surface area contributed by atoms with Crippen molar-refractivity contribution in [2.45, 2.75) is 13.0 Å². The predicted molar refractivity (Wildman–Crippen MR) is 86.5 cm³/mol. The van der Waals surface area contributed by atoms with Gasteiger partial charge in [0, 0.05) is 7.11 Å². The van der Waals surface area contributed by atoms with Gasteiger partial charge in [0.2, 0.25) is 0 Å². The highest BCUT2D eigenvalue weighted by Crippen LogP contribution is 2.28. The second kappa shape index (κ2) is 8.05. The number of amides is 2. The Bertz CT molecular complexity index is 602. The lowest BCUT2D eigenvalue weighted by atomic mass is 10.3. The summed E-state index contributed by atoms with van der Waals surface area (Å²) in [4.78, 5) is 12.0. The van der Waals surface area contributed by atoms with Crippen LogP contribution in [0.4, 0.5) is 10.5 Å². The van der Waals surface area contributed by atoms with Crippen LogP contribution in [0.2, 0.25) is 0 Å². The Morgan fingerprint density at radius 2 is 1.77 bits per heavy atom. The van der Waals surface area contributed by atoms with Gasteiger partial charge in [0.15, 0.2) is 5.75 Å². The second-order valence-corrected chi connectivity index (χ2v) is 4.87. The Morgan fingerprint density at radius 3 is 2.50 bits per heavy atom. The highest BCUT2D eigenvalue weighted by molar-refractivity contribution is 5.91. The molecule has 22 heavy (non-hydrogen) atoms. The molecule has 0 fully saturated rings. The van der Waals surface area contributed by atoms with Crippen LogP contribution < -0.4 is 15.4 Å². The molecule has 1 unspecified atom stereocenters. The number of anilines is 1. The molecule has 0 spiro atoms. The standard InChI is InChI=1S/C17H20N2O3/c1-13(12-21-2)18-17(20)19-15-10-6-7-11-16(15)22-14-8-4-3-5-9-14/h3-11,13H,12H2,1-2H3,(H2,18,19,20). The molecule has 0 aliphatic carbocycles. The van der Waals surface area contributed by atoms with Crippen molar-refractivity contribution in [3.05, 3.63) is 54.6 Å². The van der Waals surface area contributed by atoms with Crippen LogP contribution in [0.1, 0.15) is 6.92 Å². The van der Waals surface area contributed by atoms with Crippen LogP contribution >= 0.6 is 0 Å². The molecule has 2 amide bonds. The first-order valence-corrected chi connectivity index (χ1v) is 7.07. The summed E-state index contributed by atoms with van der Waals surface area (Å²) in [6.07, 6.45) is 0. The maximum atomic E-state index is 12.0. The Balaban J connectivity index is 2.03. The molecule has 0 aliphatic rings. The monoisotopic (exact) mass is 300 g/mol. The van der Waals surface area contributed by atoms with E-state index in [-0.39, 0.29) is 12.1 Å². The summed E-state index contributed by atoms with van der Waals surface area (Å²) in [5.41, 5.74) is 0.605. The Labute approximate surface area is 130 Å². The molecule has 0 aromatic heterocycles. The van der Waals surface area contributed by atoms with Gasteiger partial charge >= 0.3 is 6.03 Å². The van der Waals surface area contributed by atoms with Crippen LogP contribution in [0.3, 0.4) is 0 Å². The molecule has 5 heteroatoms. The third kappa shape index (κ3) is 4.79. The SMILES string of the molecule is COCC(C)NC(=O)Nc1ccccc1Oc1ccccc1. The lowest BCUT2D eigenvalue weighted by Gasteiger charge is -2.15. The van der Waals surface area contributed by atoms with E-state index in [0.717, 1.165) is 0 Å². The molecule has 0 aliphatic heterocycles. The van der Waals surface area contributed by atoms with E-state index in [9.17, 15) is 4.79 Å². The van der Waals surface area contributed by atoms with Gasteiger partial charge in [-0.2, -0.15) is 0 Å². The van der Waals surface area contributed by atoms with Gasteiger partial charge < -0.3 is 20.1 Å². The van der Waals surface area contributed by atoms with Gasteiger partial charge in [-0.15, -0.1) is 0 Å². The molecule has 2 rings (SSSR count). The van der Waals surface area contributed by atoms with E-state index in [1.165, 1.54) is 0 Å². The normalized spacial score (nSPS) is 11.5. The van der Waals surface area contributed by atoms with Gasteiger partial charge in [-0.3, -0.25) is 0 Å². The van der Waals surface area contributed by atoms with Crippen LogP contribution in [0.15, 0.2) is 54.6 Å². The van der Waals surface area contributed by atoms with E-state index >= 15 is 0 Å². The lowest BCUT2D eigenvalue weighted by Crippen LogP contribution is -2.38. The van der Waals surface area contributed by atoms with E-state index in [0.29, 0.717) is 23.8 Å². The van der Waals surface area contributed by atoms with Gasteiger partial charge in [0.25, 0.3) is 0 Å². The molecule has 0 bridgehead atoms. The first-order chi connectivity index (χ1) is 10.7. The van der Waals surface area contributed by atoms with E-state index in [1.807, 2.05) is 49.4 Å². The maximum absolute atomic E-state index is 12.0. The molecule has 2 aromatic rings. The average molecular weight is 300 g/mol. The van der Waals surface area contributed by atoms with Crippen molar-refractivity contribution in [2.75, 3.05) is 19.0 Å².